The molecule has 0 aromatic carbocycles. The van der Waals surface area contributed by atoms with Gasteiger partial charge in [0.25, 0.3) is 5.91 Å². The van der Waals surface area contributed by atoms with E-state index in [2.05, 4.69) is 20.5 Å². The number of anilines is 1. The number of piperidine rings is 1. The Morgan fingerprint density at radius 2 is 2.24 bits per heavy atom. The number of amides is 1. The molecule has 0 atom stereocenters. The van der Waals surface area contributed by atoms with E-state index in [9.17, 15) is 4.79 Å². The number of nitrogens with one attached hydrogen (secondary N) is 1. The van der Waals surface area contributed by atoms with Crippen LogP contribution in [-0.4, -0.2) is 45.1 Å². The molecule has 1 aliphatic heterocycles. The highest BCUT2D eigenvalue weighted by molar-refractivity contribution is 5.92. The van der Waals surface area contributed by atoms with Crippen molar-refractivity contribution in [3.63, 3.8) is 0 Å². The Balaban J connectivity index is 1.56. The summed E-state index contributed by atoms with van der Waals surface area (Å²) < 4.78 is 5.17. The molecular weight excluding hydrogens is 270 g/mol. The minimum atomic E-state index is -0.0806. The van der Waals surface area contributed by atoms with E-state index in [4.69, 9.17) is 4.42 Å². The molecule has 1 amide bonds. The zero-order valence-corrected chi connectivity index (χ0v) is 11.8. The summed E-state index contributed by atoms with van der Waals surface area (Å²) in [7, 11) is 0. The van der Waals surface area contributed by atoms with Gasteiger partial charge in [-0.3, -0.25) is 4.79 Å². The largest absolute Gasteiger partial charge is 0.438 e. The van der Waals surface area contributed by atoms with Crippen LogP contribution < -0.4 is 5.32 Å². The number of carbonyl (C=O) groups is 1. The number of hydrogen-bond donors (Lipinski definition) is 1. The van der Waals surface area contributed by atoms with Gasteiger partial charge in [-0.25, -0.2) is 4.98 Å². The van der Waals surface area contributed by atoms with Crippen molar-refractivity contribution < 1.29 is 9.21 Å². The molecule has 110 valence electrons. The maximum Gasteiger partial charge on any atom is 0.291 e. The van der Waals surface area contributed by atoms with Gasteiger partial charge in [-0.05, 0) is 31.9 Å². The topological polar surface area (TPSA) is 84.2 Å². The molecule has 0 aliphatic carbocycles. The van der Waals surface area contributed by atoms with Gasteiger partial charge in [-0.1, -0.05) is 0 Å². The second-order valence-electron chi connectivity index (χ2n) is 5.09. The maximum absolute atomic E-state index is 12.3. The lowest BCUT2D eigenvalue weighted by Crippen LogP contribution is -2.42. The summed E-state index contributed by atoms with van der Waals surface area (Å²) in [5.41, 5.74) is 0.639. The fraction of sp³-hybridized carbons (Fsp3) is 0.429. The van der Waals surface area contributed by atoms with Crippen LogP contribution in [0.2, 0.25) is 0 Å². The van der Waals surface area contributed by atoms with Crippen LogP contribution >= 0.6 is 0 Å². The summed E-state index contributed by atoms with van der Waals surface area (Å²) in [6.45, 7) is 3.16. The second-order valence-corrected chi connectivity index (χ2v) is 5.09. The Morgan fingerprint density at radius 1 is 1.43 bits per heavy atom. The highest BCUT2D eigenvalue weighted by Crippen LogP contribution is 2.18. The normalized spacial score (nSPS) is 16.0. The molecule has 0 unspecified atom stereocenters. The summed E-state index contributed by atoms with van der Waals surface area (Å²) in [5.74, 6) is 1.03. The van der Waals surface area contributed by atoms with Gasteiger partial charge in [0.1, 0.15) is 5.82 Å². The smallest absolute Gasteiger partial charge is 0.291 e. The third kappa shape index (κ3) is 3.01. The Kier molecular flexibility index (Phi) is 3.81. The molecule has 1 N–H and O–H groups in total. The van der Waals surface area contributed by atoms with E-state index in [1.807, 2.05) is 17.0 Å². The summed E-state index contributed by atoms with van der Waals surface area (Å²) in [5, 5.41) is 11.2. The first-order chi connectivity index (χ1) is 10.2. The van der Waals surface area contributed by atoms with Gasteiger partial charge in [0.2, 0.25) is 5.76 Å². The lowest BCUT2D eigenvalue weighted by Gasteiger charge is -2.32. The summed E-state index contributed by atoms with van der Waals surface area (Å²) >= 11 is 0. The lowest BCUT2D eigenvalue weighted by atomic mass is 10.0. The van der Waals surface area contributed by atoms with Gasteiger partial charge in [0.05, 0.1) is 5.69 Å². The van der Waals surface area contributed by atoms with Crippen LogP contribution in [0.4, 0.5) is 5.82 Å². The van der Waals surface area contributed by atoms with E-state index in [0.717, 1.165) is 18.7 Å². The first kappa shape index (κ1) is 13.5. The Bertz CT molecular complexity index is 605. The molecule has 2 aromatic rings. The summed E-state index contributed by atoms with van der Waals surface area (Å²) in [6, 6.07) is 4.05. The van der Waals surface area contributed by atoms with Gasteiger partial charge >= 0.3 is 0 Å². The second kappa shape index (κ2) is 5.90. The number of hydrogen-bond acceptors (Lipinski definition) is 6. The van der Waals surface area contributed by atoms with Crippen molar-refractivity contribution in [1.82, 2.24) is 20.1 Å². The number of nitrogens with zero attached hydrogens (tertiary/aromatic N) is 4. The van der Waals surface area contributed by atoms with E-state index in [-0.39, 0.29) is 5.91 Å². The Morgan fingerprint density at radius 3 is 2.86 bits per heavy atom. The predicted octanol–water partition coefficient (Wildman–Crippen LogP) is 1.49. The molecule has 0 saturated carbocycles. The SMILES string of the molecule is Cc1ncoc1C(=O)N1CCC(Nc2cccnn2)CC1. The number of aryl methyl sites for hydroxylation is 1. The van der Waals surface area contributed by atoms with Crippen molar-refractivity contribution in [2.75, 3.05) is 18.4 Å². The first-order valence-electron chi connectivity index (χ1n) is 6.97. The highest BCUT2D eigenvalue weighted by Gasteiger charge is 2.26. The van der Waals surface area contributed by atoms with Crippen molar-refractivity contribution in [2.45, 2.75) is 25.8 Å². The standard InChI is InChI=1S/C14H17N5O2/c1-10-13(21-9-15-10)14(20)19-7-4-11(5-8-19)17-12-3-2-6-16-18-12/h2-3,6,9,11H,4-5,7-8H2,1H3,(H,17,18). The molecule has 3 rings (SSSR count). The van der Waals surface area contributed by atoms with Gasteiger partial charge in [0.15, 0.2) is 6.39 Å². The van der Waals surface area contributed by atoms with Crippen molar-refractivity contribution in [3.8, 4) is 0 Å². The average Bonchev–Trinajstić information content (AvgIpc) is 2.94. The van der Waals surface area contributed by atoms with Crippen LogP contribution in [0.1, 0.15) is 29.1 Å². The van der Waals surface area contributed by atoms with E-state index in [1.165, 1.54) is 6.39 Å². The third-order valence-corrected chi connectivity index (χ3v) is 3.65. The van der Waals surface area contributed by atoms with Crippen molar-refractivity contribution in [3.05, 3.63) is 36.2 Å². The minimum absolute atomic E-state index is 0.0806. The number of rotatable bonds is 3. The number of oxazole rings is 1. The molecule has 0 radical (unpaired) electrons. The molecule has 3 heterocycles. The monoisotopic (exact) mass is 287 g/mol. The van der Waals surface area contributed by atoms with Crippen molar-refractivity contribution >= 4 is 11.7 Å². The molecular formula is C14H17N5O2. The van der Waals surface area contributed by atoms with Crippen molar-refractivity contribution in [1.29, 1.82) is 0 Å². The Labute approximate surface area is 122 Å². The van der Waals surface area contributed by atoms with E-state index < -0.39 is 0 Å². The van der Waals surface area contributed by atoms with Crippen molar-refractivity contribution in [2.24, 2.45) is 0 Å². The third-order valence-electron chi connectivity index (χ3n) is 3.65. The number of aromatic nitrogens is 3. The maximum atomic E-state index is 12.3. The van der Waals surface area contributed by atoms with Gasteiger partial charge in [-0.15, -0.1) is 5.10 Å². The molecule has 1 fully saturated rings. The van der Waals surface area contributed by atoms with Crippen LogP contribution in [-0.2, 0) is 0 Å². The quantitative estimate of drug-likeness (QED) is 0.920. The van der Waals surface area contributed by atoms with Crippen LogP contribution in [0.5, 0.6) is 0 Å². The summed E-state index contributed by atoms with van der Waals surface area (Å²) in [4.78, 5) is 18.1. The zero-order chi connectivity index (χ0) is 14.7. The molecule has 1 saturated heterocycles. The fourth-order valence-corrected chi connectivity index (χ4v) is 2.47. The molecule has 0 bridgehead atoms. The molecule has 1 aliphatic rings. The van der Waals surface area contributed by atoms with Gasteiger partial charge in [-0.2, -0.15) is 5.10 Å². The fourth-order valence-electron chi connectivity index (χ4n) is 2.47. The minimum Gasteiger partial charge on any atom is -0.438 e. The van der Waals surface area contributed by atoms with Gasteiger partial charge in [0, 0.05) is 25.3 Å². The molecule has 2 aromatic heterocycles. The first-order valence-corrected chi connectivity index (χ1v) is 6.97. The van der Waals surface area contributed by atoms with Crippen LogP contribution in [0.3, 0.4) is 0 Å². The number of likely N-dealkylation sites (tertiary alicyclic amines) is 1. The summed E-state index contributed by atoms with van der Waals surface area (Å²) in [6.07, 6.45) is 4.70. The zero-order valence-electron chi connectivity index (χ0n) is 11.8. The predicted molar refractivity (Wildman–Crippen MR) is 75.8 cm³/mol. The van der Waals surface area contributed by atoms with Crippen LogP contribution in [0.15, 0.2) is 29.1 Å². The van der Waals surface area contributed by atoms with Crippen LogP contribution in [0.25, 0.3) is 0 Å². The van der Waals surface area contributed by atoms with E-state index in [0.29, 0.717) is 30.6 Å². The average molecular weight is 287 g/mol. The Hall–Kier alpha value is -2.44. The van der Waals surface area contributed by atoms with Crippen LogP contribution in [0, 0.1) is 6.92 Å². The lowest BCUT2D eigenvalue weighted by molar-refractivity contribution is 0.0685. The van der Waals surface area contributed by atoms with E-state index in [1.54, 1.807) is 13.1 Å². The molecule has 7 heteroatoms. The number of carbonyl (C=O) groups excluding carboxylic acids is 1. The highest BCUT2D eigenvalue weighted by atomic mass is 16.3. The molecule has 21 heavy (non-hydrogen) atoms. The van der Waals surface area contributed by atoms with Gasteiger partial charge < -0.3 is 14.6 Å². The van der Waals surface area contributed by atoms with E-state index >= 15 is 0 Å². The molecule has 7 nitrogen and oxygen atoms in total. The molecule has 0 spiro atoms.